The molecule has 4 rings (SSSR count). The van der Waals surface area contributed by atoms with Gasteiger partial charge in [0.25, 0.3) is 0 Å². The van der Waals surface area contributed by atoms with E-state index in [-0.39, 0.29) is 5.97 Å². The van der Waals surface area contributed by atoms with E-state index in [0.717, 1.165) is 47.9 Å². The number of amidine groups is 1. The summed E-state index contributed by atoms with van der Waals surface area (Å²) < 4.78 is 5.45. The first-order valence-corrected chi connectivity index (χ1v) is 11.1. The van der Waals surface area contributed by atoms with Crippen molar-refractivity contribution in [2.75, 3.05) is 25.0 Å². The van der Waals surface area contributed by atoms with Gasteiger partial charge in [-0.25, -0.2) is 9.79 Å². The highest BCUT2D eigenvalue weighted by molar-refractivity contribution is 8.06. The molecule has 2 heterocycles. The number of carbonyl (C=O) groups is 1. The second-order valence-corrected chi connectivity index (χ2v) is 7.91. The Morgan fingerprint density at radius 3 is 2.40 bits per heavy atom. The van der Waals surface area contributed by atoms with Crippen molar-refractivity contribution in [2.45, 2.75) is 19.8 Å². The molecule has 0 radical (unpaired) electrons. The molecule has 2 aromatic rings. The minimum Gasteiger partial charge on any atom is -0.462 e. The molecule has 0 aliphatic carbocycles. The normalized spacial score (nSPS) is 16.6. The molecule has 0 spiro atoms. The quantitative estimate of drug-likeness (QED) is 0.683. The van der Waals surface area contributed by atoms with Gasteiger partial charge in [0.1, 0.15) is 11.4 Å². The molecule has 0 saturated carbocycles. The minimum atomic E-state index is -0.350. The Kier molecular flexibility index (Phi) is 6.54. The summed E-state index contributed by atoms with van der Waals surface area (Å²) >= 11 is 1.47. The lowest BCUT2D eigenvalue weighted by atomic mass is 10.1. The number of hydrogen-bond acceptors (Lipinski definition) is 6. The predicted octanol–water partition coefficient (Wildman–Crippen LogP) is 5.11. The second-order valence-electron chi connectivity index (χ2n) is 7.03. The highest BCUT2D eigenvalue weighted by atomic mass is 32.2. The van der Waals surface area contributed by atoms with Crippen LogP contribution in [-0.4, -0.2) is 36.4 Å². The topological polar surface area (TPSA) is 53.9 Å². The summed E-state index contributed by atoms with van der Waals surface area (Å²) in [5.74, 6) is 0.335. The van der Waals surface area contributed by atoms with E-state index < -0.39 is 0 Å². The number of benzene rings is 2. The molecule has 1 saturated heterocycles. The molecule has 5 nitrogen and oxygen atoms in total. The minimum absolute atomic E-state index is 0.317. The van der Waals surface area contributed by atoms with Gasteiger partial charge in [-0.05, 0) is 31.9 Å². The van der Waals surface area contributed by atoms with Crippen LogP contribution in [0.25, 0.3) is 5.70 Å². The van der Waals surface area contributed by atoms with Crippen LogP contribution in [0.2, 0.25) is 0 Å². The second kappa shape index (κ2) is 9.67. The fourth-order valence-corrected chi connectivity index (χ4v) is 4.39. The van der Waals surface area contributed by atoms with Crippen molar-refractivity contribution < 1.29 is 9.53 Å². The summed E-state index contributed by atoms with van der Waals surface area (Å²) in [6.45, 7) is 3.91. The van der Waals surface area contributed by atoms with E-state index in [9.17, 15) is 4.79 Å². The van der Waals surface area contributed by atoms with E-state index in [1.807, 2.05) is 73.0 Å². The van der Waals surface area contributed by atoms with E-state index in [4.69, 9.17) is 9.73 Å². The molecule has 6 heteroatoms. The number of nitrogens with zero attached hydrogens (tertiary/aromatic N) is 2. The van der Waals surface area contributed by atoms with Crippen LogP contribution < -0.4 is 5.32 Å². The third kappa shape index (κ3) is 4.60. The number of esters is 1. The Morgan fingerprint density at radius 2 is 1.73 bits per heavy atom. The van der Waals surface area contributed by atoms with E-state index in [1.54, 1.807) is 0 Å². The molecule has 1 fully saturated rings. The number of hydrogen-bond donors (Lipinski definition) is 1. The molecule has 0 unspecified atom stereocenters. The lowest BCUT2D eigenvalue weighted by molar-refractivity contribution is -0.137. The summed E-state index contributed by atoms with van der Waals surface area (Å²) in [5, 5.41) is 6.16. The third-order valence-corrected chi connectivity index (χ3v) is 5.83. The Bertz CT molecular complexity index is 978. The van der Waals surface area contributed by atoms with Crippen molar-refractivity contribution in [1.29, 1.82) is 0 Å². The van der Waals surface area contributed by atoms with Crippen LogP contribution in [0.5, 0.6) is 0 Å². The lowest BCUT2D eigenvalue weighted by Crippen LogP contribution is -2.34. The van der Waals surface area contributed by atoms with Gasteiger partial charge in [0.2, 0.25) is 0 Å². The van der Waals surface area contributed by atoms with Gasteiger partial charge in [-0.3, -0.25) is 0 Å². The van der Waals surface area contributed by atoms with Gasteiger partial charge >= 0.3 is 5.97 Å². The summed E-state index contributed by atoms with van der Waals surface area (Å²) in [7, 11) is 0. The molecule has 0 amide bonds. The van der Waals surface area contributed by atoms with Gasteiger partial charge < -0.3 is 15.0 Å². The first-order chi connectivity index (χ1) is 14.8. The zero-order chi connectivity index (χ0) is 20.8. The van der Waals surface area contributed by atoms with Gasteiger partial charge in [0, 0.05) is 29.7 Å². The van der Waals surface area contributed by atoms with E-state index in [1.165, 1.54) is 11.8 Å². The zero-order valence-electron chi connectivity index (χ0n) is 17.0. The summed E-state index contributed by atoms with van der Waals surface area (Å²) in [5.41, 5.74) is 3.27. The van der Waals surface area contributed by atoms with Crippen molar-refractivity contribution in [3.05, 3.63) is 82.2 Å². The molecule has 0 atom stereocenters. The average Bonchev–Trinajstić information content (AvgIpc) is 3.25. The van der Waals surface area contributed by atoms with Gasteiger partial charge in [0.15, 0.2) is 0 Å². The molecule has 0 bridgehead atoms. The number of anilines is 1. The Balaban J connectivity index is 1.82. The molecule has 0 aromatic heterocycles. The Hall–Kier alpha value is -2.99. The van der Waals surface area contributed by atoms with Crippen molar-refractivity contribution in [1.82, 2.24) is 4.90 Å². The van der Waals surface area contributed by atoms with Crippen LogP contribution in [0.4, 0.5) is 5.69 Å². The largest absolute Gasteiger partial charge is 0.462 e. The standard InChI is InChI=1S/C24H25N3O2S/c1-2-29-24(28)21-22(27-15-9-10-16-27)26-20(18-11-5-3-6-12-18)17-30-23(21)25-19-13-7-4-8-14-19/h3-8,11-14,17,25H,2,9-10,15-16H2,1H3. The summed E-state index contributed by atoms with van der Waals surface area (Å²) in [6.07, 6.45) is 2.18. The maximum absolute atomic E-state index is 13.1. The van der Waals surface area contributed by atoms with Crippen molar-refractivity contribution in [3.8, 4) is 0 Å². The van der Waals surface area contributed by atoms with Crippen LogP contribution in [0.15, 0.2) is 81.7 Å². The van der Waals surface area contributed by atoms with Gasteiger partial charge in [0.05, 0.1) is 17.3 Å². The molecule has 154 valence electrons. The fraction of sp³-hybridized carbons (Fsp3) is 0.250. The van der Waals surface area contributed by atoms with Crippen molar-refractivity contribution in [3.63, 3.8) is 0 Å². The molecular weight excluding hydrogens is 394 g/mol. The maximum Gasteiger partial charge on any atom is 0.344 e. The molecule has 2 aliphatic heterocycles. The lowest BCUT2D eigenvalue weighted by Gasteiger charge is -2.23. The molecule has 2 aromatic carbocycles. The van der Waals surface area contributed by atoms with Crippen LogP contribution in [0.1, 0.15) is 25.3 Å². The number of carbonyl (C=O) groups excluding carboxylic acids is 1. The number of para-hydroxylation sites is 1. The van der Waals surface area contributed by atoms with Crippen LogP contribution >= 0.6 is 11.8 Å². The Labute approximate surface area is 181 Å². The molecule has 2 aliphatic rings. The number of thioether (sulfide) groups is 1. The number of nitrogens with one attached hydrogen (secondary N) is 1. The van der Waals surface area contributed by atoms with E-state index in [2.05, 4.69) is 10.2 Å². The predicted molar refractivity (Wildman–Crippen MR) is 124 cm³/mol. The summed E-state index contributed by atoms with van der Waals surface area (Å²) in [4.78, 5) is 20.3. The van der Waals surface area contributed by atoms with Gasteiger partial charge in [-0.15, -0.1) is 0 Å². The molecule has 30 heavy (non-hydrogen) atoms. The van der Waals surface area contributed by atoms with Crippen LogP contribution in [0, 0.1) is 0 Å². The van der Waals surface area contributed by atoms with Crippen LogP contribution in [-0.2, 0) is 9.53 Å². The van der Waals surface area contributed by atoms with Crippen molar-refractivity contribution in [2.24, 2.45) is 4.99 Å². The monoisotopic (exact) mass is 419 g/mol. The summed E-state index contributed by atoms with van der Waals surface area (Å²) in [6, 6.07) is 19.9. The first-order valence-electron chi connectivity index (χ1n) is 10.3. The van der Waals surface area contributed by atoms with Gasteiger partial charge in [-0.1, -0.05) is 60.3 Å². The maximum atomic E-state index is 13.1. The number of ether oxygens (including phenoxy) is 1. The van der Waals surface area contributed by atoms with Gasteiger partial charge in [-0.2, -0.15) is 0 Å². The SMILES string of the molecule is CCOC(=O)C1=C(Nc2ccccc2)SC=C(c2ccccc2)N=C1N1CCCC1. The molecular formula is C24H25N3O2S. The third-order valence-electron chi connectivity index (χ3n) is 4.95. The first kappa shape index (κ1) is 20.3. The fourth-order valence-electron chi connectivity index (χ4n) is 3.50. The number of rotatable bonds is 5. The average molecular weight is 420 g/mol. The Morgan fingerprint density at radius 1 is 1.07 bits per heavy atom. The smallest absolute Gasteiger partial charge is 0.344 e. The highest BCUT2D eigenvalue weighted by Crippen LogP contribution is 2.34. The van der Waals surface area contributed by atoms with Crippen molar-refractivity contribution >= 4 is 35.0 Å². The van der Waals surface area contributed by atoms with Crippen LogP contribution in [0.3, 0.4) is 0 Å². The zero-order valence-corrected chi connectivity index (χ0v) is 17.8. The highest BCUT2D eigenvalue weighted by Gasteiger charge is 2.31. The molecule has 1 N–H and O–H groups in total. The number of likely N-dealkylation sites (tertiary alicyclic amines) is 1. The van der Waals surface area contributed by atoms with E-state index in [0.29, 0.717) is 18.0 Å². The number of aliphatic imine (C=N–C) groups is 1. The van der Waals surface area contributed by atoms with E-state index >= 15 is 0 Å².